The molecule has 1 unspecified atom stereocenters. The maximum atomic E-state index is 12.6. The fourth-order valence-electron chi connectivity index (χ4n) is 1.32. The lowest BCUT2D eigenvalue weighted by atomic mass is 9.91. The van der Waals surface area contributed by atoms with Gasteiger partial charge in [0.25, 0.3) is 11.5 Å². The minimum atomic E-state index is -5.15. The van der Waals surface area contributed by atoms with Gasteiger partial charge in [0.15, 0.2) is 0 Å². The van der Waals surface area contributed by atoms with Crippen LogP contribution >= 0.6 is 0 Å². The van der Waals surface area contributed by atoms with Crippen molar-refractivity contribution in [3.05, 3.63) is 35.4 Å². The molecule has 1 aromatic rings. The Morgan fingerprint density at radius 2 is 1.94 bits per heavy atom. The third-order valence-corrected chi connectivity index (χ3v) is 2.20. The summed E-state index contributed by atoms with van der Waals surface area (Å²) in [4.78, 5) is 10.8. The van der Waals surface area contributed by atoms with Gasteiger partial charge in [0.1, 0.15) is 0 Å². The number of nitrogens with two attached hydrogens (primary N) is 1. The van der Waals surface area contributed by atoms with Crippen molar-refractivity contribution in [2.75, 3.05) is 0 Å². The molecule has 0 spiro atoms. The molecule has 0 aromatic heterocycles. The number of primary amides is 1. The molecule has 0 heterocycles. The van der Waals surface area contributed by atoms with Gasteiger partial charge < -0.3 is 10.8 Å². The van der Waals surface area contributed by atoms with E-state index >= 15 is 0 Å². The number of aliphatic hydroxyl groups is 1. The van der Waals surface area contributed by atoms with Gasteiger partial charge in [-0.05, 0) is 6.92 Å². The Balaban J connectivity index is 3.39. The largest absolute Gasteiger partial charge is 0.430 e. The van der Waals surface area contributed by atoms with Crippen LogP contribution in [0.1, 0.15) is 11.1 Å². The van der Waals surface area contributed by atoms with Gasteiger partial charge in [-0.1, -0.05) is 29.8 Å². The fraction of sp³-hybridized carbons (Fsp3) is 0.300. The van der Waals surface area contributed by atoms with Crippen molar-refractivity contribution in [2.45, 2.75) is 18.7 Å². The summed E-state index contributed by atoms with van der Waals surface area (Å²) in [6.45, 7) is 1.54. The number of benzene rings is 1. The third kappa shape index (κ3) is 1.88. The van der Waals surface area contributed by atoms with Crippen LogP contribution in [0, 0.1) is 6.92 Å². The molecule has 1 aromatic carbocycles. The summed E-state index contributed by atoms with van der Waals surface area (Å²) >= 11 is 0. The lowest BCUT2D eigenvalue weighted by Crippen LogP contribution is -2.52. The molecular weight excluding hydrogens is 223 g/mol. The van der Waals surface area contributed by atoms with Crippen LogP contribution in [0.25, 0.3) is 0 Å². The van der Waals surface area contributed by atoms with Crippen LogP contribution in [0.3, 0.4) is 0 Å². The highest BCUT2D eigenvalue weighted by molar-refractivity contribution is 5.85. The van der Waals surface area contributed by atoms with Gasteiger partial charge in [-0.2, -0.15) is 13.2 Å². The minimum absolute atomic E-state index is 0.487. The highest BCUT2D eigenvalue weighted by Gasteiger charge is 2.59. The molecule has 0 aliphatic rings. The van der Waals surface area contributed by atoms with E-state index in [0.29, 0.717) is 5.56 Å². The van der Waals surface area contributed by atoms with E-state index in [2.05, 4.69) is 5.73 Å². The lowest BCUT2D eigenvalue weighted by molar-refractivity contribution is -0.255. The number of hydrogen-bond acceptors (Lipinski definition) is 2. The number of alkyl halides is 3. The summed E-state index contributed by atoms with van der Waals surface area (Å²) in [6, 6.07) is 4.93. The number of amides is 1. The highest BCUT2D eigenvalue weighted by Crippen LogP contribution is 2.38. The zero-order valence-corrected chi connectivity index (χ0v) is 8.38. The van der Waals surface area contributed by atoms with Gasteiger partial charge in [0.2, 0.25) is 0 Å². The Morgan fingerprint density at radius 1 is 1.38 bits per heavy atom. The molecule has 1 rings (SSSR count). The summed E-state index contributed by atoms with van der Waals surface area (Å²) < 4.78 is 37.9. The Morgan fingerprint density at radius 3 is 2.31 bits per heavy atom. The molecule has 0 aliphatic heterocycles. The van der Waals surface area contributed by atoms with Crippen LogP contribution in [0.15, 0.2) is 24.3 Å². The quantitative estimate of drug-likeness (QED) is 0.806. The van der Waals surface area contributed by atoms with Crippen LogP contribution in [0.2, 0.25) is 0 Å². The summed E-state index contributed by atoms with van der Waals surface area (Å²) in [5.41, 5.74) is 0.901. The van der Waals surface area contributed by atoms with Gasteiger partial charge in [-0.15, -0.1) is 0 Å². The molecule has 6 heteroatoms. The molecule has 3 nitrogen and oxygen atoms in total. The first kappa shape index (κ1) is 12.5. The van der Waals surface area contributed by atoms with Crippen molar-refractivity contribution >= 4 is 5.91 Å². The SMILES string of the molecule is Cc1cccc(C(O)(C(N)=O)C(F)(F)F)c1. The smallest absolute Gasteiger partial charge is 0.369 e. The molecule has 88 valence electrons. The van der Waals surface area contributed by atoms with Crippen LogP contribution < -0.4 is 5.73 Å². The van der Waals surface area contributed by atoms with E-state index in [1.54, 1.807) is 13.0 Å². The van der Waals surface area contributed by atoms with Gasteiger partial charge in [-0.3, -0.25) is 4.79 Å². The maximum absolute atomic E-state index is 12.6. The van der Waals surface area contributed by atoms with Crippen LogP contribution in [0.5, 0.6) is 0 Å². The summed E-state index contributed by atoms with van der Waals surface area (Å²) in [5, 5.41) is 9.42. The Bertz CT molecular complexity index is 417. The fourth-order valence-corrected chi connectivity index (χ4v) is 1.32. The monoisotopic (exact) mass is 233 g/mol. The second kappa shape index (κ2) is 3.79. The first-order valence-corrected chi connectivity index (χ1v) is 4.35. The van der Waals surface area contributed by atoms with E-state index in [1.807, 2.05) is 0 Å². The van der Waals surface area contributed by atoms with E-state index in [-0.39, 0.29) is 0 Å². The molecule has 3 N–H and O–H groups in total. The number of carbonyl (C=O) groups is 1. The summed E-state index contributed by atoms with van der Waals surface area (Å²) in [6.07, 6.45) is -5.15. The number of aryl methyl sites for hydroxylation is 1. The zero-order chi connectivity index (χ0) is 12.6. The first-order valence-electron chi connectivity index (χ1n) is 4.35. The van der Waals surface area contributed by atoms with Crippen molar-refractivity contribution in [3.8, 4) is 0 Å². The van der Waals surface area contributed by atoms with Crippen molar-refractivity contribution in [1.82, 2.24) is 0 Å². The van der Waals surface area contributed by atoms with E-state index in [0.717, 1.165) is 12.1 Å². The molecule has 0 saturated carbocycles. The van der Waals surface area contributed by atoms with Gasteiger partial charge in [-0.25, -0.2) is 0 Å². The number of rotatable bonds is 2. The van der Waals surface area contributed by atoms with Gasteiger partial charge in [0, 0.05) is 5.56 Å². The number of hydrogen-bond donors (Lipinski definition) is 2. The molecular formula is C10H10F3NO2. The summed E-state index contributed by atoms with van der Waals surface area (Å²) in [5.74, 6) is -1.84. The predicted molar refractivity (Wildman–Crippen MR) is 50.3 cm³/mol. The van der Waals surface area contributed by atoms with E-state index in [1.165, 1.54) is 6.07 Å². The average Bonchev–Trinajstić information content (AvgIpc) is 2.14. The first-order chi connectivity index (χ1) is 7.19. The van der Waals surface area contributed by atoms with E-state index < -0.39 is 23.2 Å². The molecule has 16 heavy (non-hydrogen) atoms. The second-order valence-electron chi connectivity index (χ2n) is 3.44. The molecule has 1 amide bonds. The Kier molecular flexibility index (Phi) is 2.96. The van der Waals surface area contributed by atoms with Crippen LogP contribution in [-0.4, -0.2) is 17.2 Å². The molecule has 0 aliphatic carbocycles. The molecule has 0 fully saturated rings. The Hall–Kier alpha value is -1.56. The van der Waals surface area contributed by atoms with E-state index in [9.17, 15) is 23.1 Å². The standard InChI is InChI=1S/C10H10F3NO2/c1-6-3-2-4-7(5-6)9(16,8(14)15)10(11,12)13/h2-5,16H,1H3,(H2,14,15). The van der Waals surface area contributed by atoms with Crippen molar-refractivity contribution < 1.29 is 23.1 Å². The topological polar surface area (TPSA) is 63.3 Å². The van der Waals surface area contributed by atoms with Crippen LogP contribution in [-0.2, 0) is 10.4 Å². The molecule has 0 saturated heterocycles. The summed E-state index contributed by atoms with van der Waals surface area (Å²) in [7, 11) is 0. The normalized spacial score (nSPS) is 15.6. The van der Waals surface area contributed by atoms with Gasteiger partial charge >= 0.3 is 6.18 Å². The third-order valence-electron chi connectivity index (χ3n) is 2.20. The zero-order valence-electron chi connectivity index (χ0n) is 8.38. The highest BCUT2D eigenvalue weighted by atomic mass is 19.4. The van der Waals surface area contributed by atoms with E-state index in [4.69, 9.17) is 0 Å². The Labute approximate surface area is 89.7 Å². The second-order valence-corrected chi connectivity index (χ2v) is 3.44. The lowest BCUT2D eigenvalue weighted by Gasteiger charge is -2.27. The molecule has 0 bridgehead atoms. The number of carbonyl (C=O) groups excluding carboxylic acids is 1. The minimum Gasteiger partial charge on any atom is -0.369 e. The van der Waals surface area contributed by atoms with Crippen molar-refractivity contribution in [1.29, 1.82) is 0 Å². The molecule has 1 atom stereocenters. The maximum Gasteiger partial charge on any atom is 0.430 e. The van der Waals surface area contributed by atoms with Crippen molar-refractivity contribution in [3.63, 3.8) is 0 Å². The van der Waals surface area contributed by atoms with Gasteiger partial charge in [0.05, 0.1) is 0 Å². The number of halogens is 3. The predicted octanol–water partition coefficient (Wildman–Crippen LogP) is 1.23. The van der Waals surface area contributed by atoms with Crippen molar-refractivity contribution in [2.24, 2.45) is 5.73 Å². The molecule has 0 radical (unpaired) electrons. The average molecular weight is 233 g/mol. The van der Waals surface area contributed by atoms with Crippen LogP contribution in [0.4, 0.5) is 13.2 Å².